The number of hydrogen-bond acceptors (Lipinski definition) is 4. The first-order valence-electron chi connectivity index (χ1n) is 9.04. The van der Waals surface area contributed by atoms with Gasteiger partial charge in [0.25, 0.3) is 0 Å². The minimum Gasteiger partial charge on any atom is -0.469 e. The third-order valence-corrected chi connectivity index (χ3v) is 4.68. The molecule has 2 heterocycles. The molecule has 1 amide bonds. The Balaban J connectivity index is 0.00000312. The van der Waals surface area contributed by atoms with Crippen LogP contribution in [0.4, 0.5) is 0 Å². The lowest BCUT2D eigenvalue weighted by atomic mass is 9.97. The first-order valence-corrected chi connectivity index (χ1v) is 9.04. The van der Waals surface area contributed by atoms with Crippen molar-refractivity contribution in [3.05, 3.63) is 0 Å². The van der Waals surface area contributed by atoms with Gasteiger partial charge < -0.3 is 19.9 Å². The Labute approximate surface area is 167 Å². The lowest BCUT2D eigenvalue weighted by Gasteiger charge is -2.33. The summed E-state index contributed by atoms with van der Waals surface area (Å²) in [4.78, 5) is 32.0. The summed E-state index contributed by atoms with van der Waals surface area (Å²) in [7, 11) is 1.45. The average molecular weight is 466 g/mol. The summed E-state index contributed by atoms with van der Waals surface area (Å²) in [6.45, 7) is 6.91. The van der Waals surface area contributed by atoms with Crippen molar-refractivity contribution in [2.45, 2.75) is 39.0 Å². The number of guanidine groups is 1. The van der Waals surface area contributed by atoms with E-state index in [4.69, 9.17) is 9.73 Å². The topological polar surface area (TPSA) is 74.2 Å². The van der Waals surface area contributed by atoms with Gasteiger partial charge in [0.15, 0.2) is 5.96 Å². The average Bonchev–Trinajstić information content (AvgIpc) is 3.02. The van der Waals surface area contributed by atoms with Crippen molar-refractivity contribution in [1.29, 1.82) is 0 Å². The van der Waals surface area contributed by atoms with Crippen molar-refractivity contribution in [1.82, 2.24) is 15.1 Å². The normalized spacial score (nSPS) is 19.0. The largest absolute Gasteiger partial charge is 0.469 e. The molecule has 2 aliphatic heterocycles. The number of nitrogens with zero attached hydrogens (tertiary/aromatic N) is 3. The lowest BCUT2D eigenvalue weighted by molar-refractivity contribution is -0.146. The Morgan fingerprint density at radius 3 is 2.60 bits per heavy atom. The number of ether oxygens (including phenoxy) is 1. The van der Waals surface area contributed by atoms with Crippen molar-refractivity contribution >= 4 is 41.8 Å². The Morgan fingerprint density at radius 1 is 1.32 bits per heavy atom. The van der Waals surface area contributed by atoms with Gasteiger partial charge in [0.2, 0.25) is 5.91 Å². The van der Waals surface area contributed by atoms with Gasteiger partial charge in [-0.2, -0.15) is 0 Å². The zero-order valence-corrected chi connectivity index (χ0v) is 17.7. The van der Waals surface area contributed by atoms with Crippen LogP contribution in [-0.2, 0) is 14.3 Å². The van der Waals surface area contributed by atoms with E-state index in [-0.39, 0.29) is 41.8 Å². The molecule has 1 N–H and O–H groups in total. The minimum atomic E-state index is -0.105. The number of carbonyl (C=O) groups excluding carboxylic acids is 2. The molecule has 144 valence electrons. The second-order valence-corrected chi connectivity index (χ2v) is 6.36. The molecule has 8 heteroatoms. The standard InChI is InChI=1S/C17H30N4O3.HI/c1-3-18-17(19-9-5-11-20-10-4-6-15(20)22)21-12-7-14(8-13-21)16(23)24-2;/h14H,3-13H2,1-2H3,(H,18,19);1H. The number of amides is 1. The molecule has 2 rings (SSSR count). The molecule has 0 aromatic carbocycles. The summed E-state index contributed by atoms with van der Waals surface area (Å²) < 4.78 is 4.83. The number of methoxy groups -OCH3 is 1. The highest BCUT2D eigenvalue weighted by Gasteiger charge is 2.27. The maximum absolute atomic E-state index is 11.6. The molecule has 2 fully saturated rings. The van der Waals surface area contributed by atoms with Crippen LogP contribution >= 0.6 is 24.0 Å². The summed E-state index contributed by atoms with van der Waals surface area (Å²) in [5, 5.41) is 3.33. The molecule has 0 aromatic heterocycles. The summed E-state index contributed by atoms with van der Waals surface area (Å²) in [6, 6.07) is 0. The molecule has 7 nitrogen and oxygen atoms in total. The number of piperidine rings is 1. The number of carbonyl (C=O) groups is 2. The van der Waals surface area contributed by atoms with E-state index in [1.54, 1.807) is 0 Å². The first kappa shape index (κ1) is 22.0. The van der Waals surface area contributed by atoms with E-state index in [9.17, 15) is 9.59 Å². The number of rotatable bonds is 6. The van der Waals surface area contributed by atoms with Crippen LogP contribution in [0.25, 0.3) is 0 Å². The highest BCUT2D eigenvalue weighted by Crippen LogP contribution is 2.18. The summed E-state index contributed by atoms with van der Waals surface area (Å²) in [5.74, 6) is 1.09. The highest BCUT2D eigenvalue weighted by molar-refractivity contribution is 14.0. The van der Waals surface area contributed by atoms with Crippen LogP contribution < -0.4 is 5.32 Å². The van der Waals surface area contributed by atoms with Gasteiger partial charge in [-0.3, -0.25) is 14.6 Å². The molecule has 0 unspecified atom stereocenters. The van der Waals surface area contributed by atoms with Crippen LogP contribution in [-0.4, -0.2) is 74.0 Å². The van der Waals surface area contributed by atoms with Crippen molar-refractivity contribution < 1.29 is 14.3 Å². The Bertz CT molecular complexity index is 465. The van der Waals surface area contributed by atoms with E-state index >= 15 is 0 Å². The summed E-state index contributed by atoms with van der Waals surface area (Å²) >= 11 is 0. The van der Waals surface area contributed by atoms with Gasteiger partial charge in [0.1, 0.15) is 0 Å². The molecule has 0 radical (unpaired) electrons. The molecule has 0 atom stereocenters. The van der Waals surface area contributed by atoms with Crippen molar-refractivity contribution in [3.8, 4) is 0 Å². The third-order valence-electron chi connectivity index (χ3n) is 4.68. The molecule has 0 aromatic rings. The molecule has 0 spiro atoms. The molecule has 25 heavy (non-hydrogen) atoms. The fraction of sp³-hybridized carbons (Fsp3) is 0.824. The van der Waals surface area contributed by atoms with Crippen LogP contribution in [0.2, 0.25) is 0 Å². The van der Waals surface area contributed by atoms with E-state index < -0.39 is 0 Å². The van der Waals surface area contributed by atoms with Crippen molar-refractivity contribution in [2.75, 3.05) is 46.4 Å². The van der Waals surface area contributed by atoms with Gasteiger partial charge in [-0.05, 0) is 32.6 Å². The number of aliphatic imine (C=N–C) groups is 1. The molecule has 2 saturated heterocycles. The van der Waals surface area contributed by atoms with Crippen LogP contribution in [0.15, 0.2) is 4.99 Å². The van der Waals surface area contributed by atoms with E-state index in [1.807, 2.05) is 4.90 Å². The van der Waals surface area contributed by atoms with E-state index in [0.29, 0.717) is 13.0 Å². The Morgan fingerprint density at radius 2 is 2.04 bits per heavy atom. The fourth-order valence-electron chi connectivity index (χ4n) is 3.31. The smallest absolute Gasteiger partial charge is 0.308 e. The van der Waals surface area contributed by atoms with Gasteiger partial charge in [0, 0.05) is 45.7 Å². The number of likely N-dealkylation sites (tertiary alicyclic amines) is 2. The lowest BCUT2D eigenvalue weighted by Crippen LogP contribution is -2.46. The summed E-state index contributed by atoms with van der Waals surface area (Å²) in [6.07, 6.45) is 4.18. The van der Waals surface area contributed by atoms with Crippen molar-refractivity contribution in [2.24, 2.45) is 10.9 Å². The molecule has 2 aliphatic rings. The van der Waals surface area contributed by atoms with Gasteiger partial charge >= 0.3 is 5.97 Å². The van der Waals surface area contributed by atoms with Gasteiger partial charge in [-0.15, -0.1) is 24.0 Å². The van der Waals surface area contributed by atoms with Crippen LogP contribution in [0.3, 0.4) is 0 Å². The maximum atomic E-state index is 11.6. The van der Waals surface area contributed by atoms with E-state index in [1.165, 1.54) is 7.11 Å². The second-order valence-electron chi connectivity index (χ2n) is 6.36. The molecular weight excluding hydrogens is 435 g/mol. The molecule has 0 aliphatic carbocycles. The SMILES string of the molecule is CCNC(=NCCCN1CCCC1=O)N1CCC(C(=O)OC)CC1.I. The van der Waals surface area contributed by atoms with Gasteiger partial charge in [-0.1, -0.05) is 0 Å². The monoisotopic (exact) mass is 466 g/mol. The summed E-state index contributed by atoms with van der Waals surface area (Å²) in [5.41, 5.74) is 0. The van der Waals surface area contributed by atoms with E-state index in [2.05, 4.69) is 17.1 Å². The number of hydrogen-bond donors (Lipinski definition) is 1. The van der Waals surface area contributed by atoms with Gasteiger partial charge in [-0.25, -0.2) is 0 Å². The minimum absolute atomic E-state index is 0. The van der Waals surface area contributed by atoms with Crippen LogP contribution in [0.5, 0.6) is 0 Å². The van der Waals surface area contributed by atoms with Crippen LogP contribution in [0, 0.1) is 5.92 Å². The zero-order chi connectivity index (χ0) is 17.4. The maximum Gasteiger partial charge on any atom is 0.308 e. The Kier molecular flexibility index (Phi) is 10.1. The molecule has 0 saturated carbocycles. The quantitative estimate of drug-likeness (QED) is 0.211. The number of esters is 1. The molecular formula is C17H31IN4O3. The highest BCUT2D eigenvalue weighted by atomic mass is 127. The zero-order valence-electron chi connectivity index (χ0n) is 15.3. The van der Waals surface area contributed by atoms with Crippen molar-refractivity contribution in [3.63, 3.8) is 0 Å². The number of halogens is 1. The van der Waals surface area contributed by atoms with Gasteiger partial charge in [0.05, 0.1) is 13.0 Å². The Hall–Kier alpha value is -1.06. The fourth-order valence-corrected chi connectivity index (χ4v) is 3.31. The molecule has 0 bridgehead atoms. The number of nitrogens with one attached hydrogen (secondary N) is 1. The van der Waals surface area contributed by atoms with Crippen LogP contribution in [0.1, 0.15) is 39.0 Å². The second kappa shape index (κ2) is 11.5. The van der Waals surface area contributed by atoms with E-state index in [0.717, 1.165) is 64.4 Å². The first-order chi connectivity index (χ1) is 11.7. The predicted octanol–water partition coefficient (Wildman–Crippen LogP) is 1.47. The third kappa shape index (κ3) is 6.63. The predicted molar refractivity (Wildman–Crippen MR) is 108 cm³/mol.